The van der Waals surface area contributed by atoms with Crippen molar-refractivity contribution in [1.29, 1.82) is 0 Å². The molecule has 0 aromatic carbocycles. The lowest BCUT2D eigenvalue weighted by Crippen LogP contribution is -2.36. The fraction of sp³-hybridized carbons (Fsp3) is 0.900. The van der Waals surface area contributed by atoms with Crippen molar-refractivity contribution in [1.82, 2.24) is 4.90 Å². The maximum atomic E-state index is 8.58. The summed E-state index contributed by atoms with van der Waals surface area (Å²) in [6, 6.07) is 0. The second-order valence-electron chi connectivity index (χ2n) is 3.61. The van der Waals surface area contributed by atoms with E-state index in [9.17, 15) is 0 Å². The molecule has 1 aliphatic rings. The lowest BCUT2D eigenvalue weighted by Gasteiger charge is -2.26. The van der Waals surface area contributed by atoms with E-state index in [1.807, 2.05) is 0 Å². The number of rotatable bonds is 6. The van der Waals surface area contributed by atoms with Crippen LogP contribution in [0.1, 0.15) is 12.8 Å². The van der Waals surface area contributed by atoms with E-state index in [2.05, 4.69) is 10.1 Å². The van der Waals surface area contributed by atoms with Gasteiger partial charge in [0.1, 0.15) is 0 Å². The molecule has 0 atom stereocenters. The molecule has 0 aromatic heterocycles. The fourth-order valence-electron chi connectivity index (χ4n) is 1.57. The van der Waals surface area contributed by atoms with Crippen molar-refractivity contribution in [3.63, 3.8) is 0 Å². The molecule has 1 heterocycles. The van der Waals surface area contributed by atoms with Gasteiger partial charge in [-0.3, -0.25) is 0 Å². The van der Waals surface area contributed by atoms with E-state index >= 15 is 0 Å². The van der Waals surface area contributed by atoms with Crippen LogP contribution in [0.15, 0.2) is 5.16 Å². The highest BCUT2D eigenvalue weighted by molar-refractivity contribution is 5.84. The third-order valence-electron chi connectivity index (χ3n) is 2.56. The topological polar surface area (TPSA) is 54.3 Å². The van der Waals surface area contributed by atoms with E-state index in [1.165, 1.54) is 0 Å². The van der Waals surface area contributed by atoms with Crippen molar-refractivity contribution >= 4 is 5.71 Å². The van der Waals surface area contributed by atoms with E-state index in [0.717, 1.165) is 44.8 Å². The van der Waals surface area contributed by atoms with Crippen molar-refractivity contribution < 1.29 is 14.7 Å². The van der Waals surface area contributed by atoms with Crippen LogP contribution in [-0.2, 0) is 9.47 Å². The van der Waals surface area contributed by atoms with Gasteiger partial charge in [-0.2, -0.15) is 0 Å². The molecular weight excluding hydrogens is 196 g/mol. The van der Waals surface area contributed by atoms with Crippen LogP contribution in [-0.4, -0.2) is 62.4 Å². The lowest BCUT2D eigenvalue weighted by atomic mass is 10.1. The van der Waals surface area contributed by atoms with Crippen LogP contribution >= 0.6 is 0 Å². The molecule has 5 nitrogen and oxygen atoms in total. The van der Waals surface area contributed by atoms with Gasteiger partial charge in [0.25, 0.3) is 0 Å². The van der Waals surface area contributed by atoms with Gasteiger partial charge in [0, 0.05) is 39.6 Å². The molecule has 1 fully saturated rings. The van der Waals surface area contributed by atoms with Crippen molar-refractivity contribution in [3.05, 3.63) is 0 Å². The van der Waals surface area contributed by atoms with Gasteiger partial charge >= 0.3 is 0 Å². The van der Waals surface area contributed by atoms with Crippen LogP contribution in [0, 0.1) is 0 Å². The average Bonchev–Trinajstić information content (AvgIpc) is 2.30. The number of likely N-dealkylation sites (tertiary alicyclic amines) is 1. The summed E-state index contributed by atoms with van der Waals surface area (Å²) < 4.78 is 10.3. The van der Waals surface area contributed by atoms with E-state index in [4.69, 9.17) is 14.7 Å². The molecule has 0 bridgehead atoms. The molecule has 0 unspecified atom stereocenters. The highest BCUT2D eigenvalue weighted by Gasteiger charge is 2.14. The summed E-state index contributed by atoms with van der Waals surface area (Å²) in [5.74, 6) is 0. The molecule has 0 radical (unpaired) electrons. The first-order chi connectivity index (χ1) is 7.36. The summed E-state index contributed by atoms with van der Waals surface area (Å²) in [4.78, 5) is 2.32. The Morgan fingerprint density at radius 2 is 2.00 bits per heavy atom. The monoisotopic (exact) mass is 216 g/mol. The number of hydrogen-bond donors (Lipinski definition) is 1. The van der Waals surface area contributed by atoms with Gasteiger partial charge < -0.3 is 19.6 Å². The Bertz CT molecular complexity index is 187. The normalized spacial score (nSPS) is 18.1. The van der Waals surface area contributed by atoms with Gasteiger partial charge in [0.2, 0.25) is 0 Å². The quantitative estimate of drug-likeness (QED) is 0.401. The highest BCUT2D eigenvalue weighted by Crippen LogP contribution is 2.06. The number of piperidine rings is 1. The van der Waals surface area contributed by atoms with E-state index in [1.54, 1.807) is 7.11 Å². The summed E-state index contributed by atoms with van der Waals surface area (Å²) in [5, 5.41) is 11.8. The van der Waals surface area contributed by atoms with Crippen molar-refractivity contribution in [2.24, 2.45) is 5.16 Å². The van der Waals surface area contributed by atoms with Gasteiger partial charge in [-0.1, -0.05) is 5.16 Å². The lowest BCUT2D eigenvalue weighted by molar-refractivity contribution is 0.0569. The Morgan fingerprint density at radius 3 is 2.60 bits per heavy atom. The Labute approximate surface area is 90.6 Å². The molecule has 0 spiro atoms. The molecule has 1 N–H and O–H groups in total. The maximum Gasteiger partial charge on any atom is 0.0700 e. The standard InChI is InChI=1S/C10H20N2O3/c1-14-8-9-15-7-6-12-4-2-10(11-13)3-5-12/h13H,2-9H2,1H3. The van der Waals surface area contributed by atoms with E-state index in [-0.39, 0.29) is 0 Å². The summed E-state index contributed by atoms with van der Waals surface area (Å²) in [6.07, 6.45) is 1.74. The van der Waals surface area contributed by atoms with Crippen molar-refractivity contribution in [2.75, 3.05) is 46.6 Å². The number of nitrogens with zero attached hydrogens (tertiary/aromatic N) is 2. The zero-order chi connectivity index (χ0) is 10.9. The van der Waals surface area contributed by atoms with Crippen molar-refractivity contribution in [2.45, 2.75) is 12.8 Å². The number of hydrogen-bond acceptors (Lipinski definition) is 5. The molecule has 0 saturated carbocycles. The Balaban J connectivity index is 1.99. The second-order valence-corrected chi connectivity index (χ2v) is 3.61. The molecule has 1 aliphatic heterocycles. The smallest absolute Gasteiger partial charge is 0.0700 e. The van der Waals surface area contributed by atoms with Gasteiger partial charge in [0.15, 0.2) is 0 Å². The summed E-state index contributed by atoms with van der Waals surface area (Å²) in [6.45, 7) is 4.94. The minimum absolute atomic E-state index is 0.654. The van der Waals surface area contributed by atoms with Crippen molar-refractivity contribution in [3.8, 4) is 0 Å². The number of ether oxygens (including phenoxy) is 2. The van der Waals surface area contributed by atoms with Crippen LogP contribution in [0.2, 0.25) is 0 Å². The zero-order valence-corrected chi connectivity index (χ0v) is 9.31. The predicted molar refractivity (Wildman–Crippen MR) is 57.6 cm³/mol. The van der Waals surface area contributed by atoms with Crippen LogP contribution in [0.5, 0.6) is 0 Å². The SMILES string of the molecule is COCCOCCN1CCC(=NO)CC1. The molecule has 1 saturated heterocycles. The molecule has 1 rings (SSSR count). The minimum atomic E-state index is 0.654. The summed E-state index contributed by atoms with van der Waals surface area (Å²) in [5.41, 5.74) is 0.909. The first-order valence-electron chi connectivity index (χ1n) is 5.35. The number of oxime groups is 1. The van der Waals surface area contributed by atoms with Crippen LogP contribution < -0.4 is 0 Å². The minimum Gasteiger partial charge on any atom is -0.411 e. The first kappa shape index (κ1) is 12.4. The molecule has 0 aromatic rings. The Kier molecular flexibility index (Phi) is 6.31. The number of methoxy groups -OCH3 is 1. The van der Waals surface area contributed by atoms with Crippen LogP contribution in [0.3, 0.4) is 0 Å². The molecule has 15 heavy (non-hydrogen) atoms. The molecule has 0 amide bonds. The van der Waals surface area contributed by atoms with Gasteiger partial charge in [-0.25, -0.2) is 0 Å². The third kappa shape index (κ3) is 5.11. The summed E-state index contributed by atoms with van der Waals surface area (Å²) >= 11 is 0. The maximum absolute atomic E-state index is 8.58. The Hall–Kier alpha value is -0.650. The molecule has 0 aliphatic carbocycles. The zero-order valence-electron chi connectivity index (χ0n) is 9.31. The largest absolute Gasteiger partial charge is 0.411 e. The predicted octanol–water partition coefficient (Wildman–Crippen LogP) is 0.575. The van der Waals surface area contributed by atoms with Gasteiger partial charge in [-0.05, 0) is 0 Å². The first-order valence-corrected chi connectivity index (χ1v) is 5.35. The Morgan fingerprint density at radius 1 is 1.27 bits per heavy atom. The van der Waals surface area contributed by atoms with Gasteiger partial charge in [0.05, 0.1) is 25.5 Å². The van der Waals surface area contributed by atoms with E-state index < -0.39 is 0 Å². The fourth-order valence-corrected chi connectivity index (χ4v) is 1.57. The van der Waals surface area contributed by atoms with Crippen LogP contribution in [0.25, 0.3) is 0 Å². The van der Waals surface area contributed by atoms with Crippen LogP contribution in [0.4, 0.5) is 0 Å². The van der Waals surface area contributed by atoms with E-state index in [0.29, 0.717) is 13.2 Å². The average molecular weight is 216 g/mol. The molecule has 88 valence electrons. The van der Waals surface area contributed by atoms with Gasteiger partial charge in [-0.15, -0.1) is 0 Å². The molecular formula is C10H20N2O3. The third-order valence-corrected chi connectivity index (χ3v) is 2.56. The second kappa shape index (κ2) is 7.62. The highest BCUT2D eigenvalue weighted by atomic mass is 16.5. The molecule has 5 heteroatoms. The summed E-state index contributed by atoms with van der Waals surface area (Å²) in [7, 11) is 1.67.